The first-order chi connectivity index (χ1) is 9.10. The molecule has 4 nitrogen and oxygen atoms in total. The van der Waals surface area contributed by atoms with Gasteiger partial charge in [0, 0.05) is 19.2 Å². The summed E-state index contributed by atoms with van der Waals surface area (Å²) in [6, 6.07) is 3.05. The third kappa shape index (κ3) is 5.75. The van der Waals surface area contributed by atoms with Crippen molar-refractivity contribution in [1.82, 2.24) is 10.6 Å². The largest absolute Gasteiger partial charge is 0.496 e. The summed E-state index contributed by atoms with van der Waals surface area (Å²) in [5.74, 6) is 0.183. The number of methoxy groups -OCH3 is 1. The Labute approximate surface area is 135 Å². The molecule has 0 spiro atoms. The maximum absolute atomic E-state index is 12.0. The first kappa shape index (κ1) is 19.3. The second kappa shape index (κ2) is 10.1. The molecule has 1 aromatic carbocycles. The van der Waals surface area contributed by atoms with Gasteiger partial charge in [0.05, 0.1) is 22.7 Å². The number of rotatable bonds is 7. The summed E-state index contributed by atoms with van der Waals surface area (Å²) < 4.78 is 5.13. The molecule has 0 aromatic heterocycles. The molecule has 0 fully saturated rings. The highest BCUT2D eigenvalue weighted by molar-refractivity contribution is 6.42. The van der Waals surface area contributed by atoms with Crippen LogP contribution in [0.5, 0.6) is 5.75 Å². The third-order valence-corrected chi connectivity index (χ3v) is 3.22. The standard InChI is InChI=1S/C13H18Cl2N2O2.ClH/c1-3-4-16-5-6-17-13(18)9-7-10(14)11(15)8-12(9)19-2;/h7-8,16H,3-6H2,1-2H3,(H,17,18);1H. The summed E-state index contributed by atoms with van der Waals surface area (Å²) >= 11 is 11.8. The smallest absolute Gasteiger partial charge is 0.255 e. The summed E-state index contributed by atoms with van der Waals surface area (Å²) in [7, 11) is 1.49. The van der Waals surface area contributed by atoms with E-state index in [2.05, 4.69) is 17.6 Å². The third-order valence-electron chi connectivity index (χ3n) is 2.50. The van der Waals surface area contributed by atoms with E-state index in [1.165, 1.54) is 19.2 Å². The molecule has 0 aliphatic carbocycles. The van der Waals surface area contributed by atoms with Crippen LogP contribution in [0.25, 0.3) is 0 Å². The normalized spacial score (nSPS) is 9.80. The first-order valence-corrected chi connectivity index (χ1v) is 6.87. The molecular formula is C13H19Cl3N2O2. The molecule has 1 aromatic rings. The Bertz CT molecular complexity index is 442. The van der Waals surface area contributed by atoms with Crippen LogP contribution in [0.1, 0.15) is 23.7 Å². The molecule has 0 atom stereocenters. The van der Waals surface area contributed by atoms with E-state index in [1.807, 2.05) is 0 Å². The minimum absolute atomic E-state index is 0. The number of carbonyl (C=O) groups excluding carboxylic acids is 1. The van der Waals surface area contributed by atoms with Gasteiger partial charge in [-0.15, -0.1) is 12.4 Å². The zero-order chi connectivity index (χ0) is 14.3. The zero-order valence-corrected chi connectivity index (χ0v) is 13.8. The number of hydrogen-bond donors (Lipinski definition) is 2. The Kier molecular flexibility index (Phi) is 9.76. The van der Waals surface area contributed by atoms with Crippen LogP contribution in [0.2, 0.25) is 10.0 Å². The van der Waals surface area contributed by atoms with E-state index in [4.69, 9.17) is 27.9 Å². The van der Waals surface area contributed by atoms with Gasteiger partial charge in [0.2, 0.25) is 0 Å². The lowest BCUT2D eigenvalue weighted by atomic mass is 10.2. The summed E-state index contributed by atoms with van der Waals surface area (Å²) in [4.78, 5) is 12.0. The fraction of sp³-hybridized carbons (Fsp3) is 0.462. The van der Waals surface area contributed by atoms with E-state index in [0.29, 0.717) is 27.9 Å². The number of benzene rings is 1. The van der Waals surface area contributed by atoms with Gasteiger partial charge in [-0.3, -0.25) is 4.79 Å². The quantitative estimate of drug-likeness (QED) is 0.749. The van der Waals surface area contributed by atoms with Crippen LogP contribution in [-0.2, 0) is 0 Å². The van der Waals surface area contributed by atoms with Crippen LogP contribution in [-0.4, -0.2) is 32.7 Å². The van der Waals surface area contributed by atoms with Crippen molar-refractivity contribution in [3.63, 3.8) is 0 Å². The minimum Gasteiger partial charge on any atom is -0.496 e. The number of halogens is 3. The van der Waals surface area contributed by atoms with Crippen molar-refractivity contribution in [2.75, 3.05) is 26.7 Å². The molecule has 1 amide bonds. The van der Waals surface area contributed by atoms with E-state index in [0.717, 1.165) is 19.5 Å². The lowest BCUT2D eigenvalue weighted by Crippen LogP contribution is -2.32. The van der Waals surface area contributed by atoms with Crippen LogP contribution in [0.15, 0.2) is 12.1 Å². The van der Waals surface area contributed by atoms with E-state index in [9.17, 15) is 4.79 Å². The van der Waals surface area contributed by atoms with E-state index in [-0.39, 0.29) is 18.3 Å². The average Bonchev–Trinajstić information content (AvgIpc) is 2.40. The minimum atomic E-state index is -0.228. The van der Waals surface area contributed by atoms with Gasteiger partial charge in [-0.25, -0.2) is 0 Å². The van der Waals surface area contributed by atoms with Gasteiger partial charge < -0.3 is 15.4 Å². The van der Waals surface area contributed by atoms with Gasteiger partial charge in [0.1, 0.15) is 5.75 Å². The van der Waals surface area contributed by atoms with E-state index >= 15 is 0 Å². The van der Waals surface area contributed by atoms with Crippen LogP contribution < -0.4 is 15.4 Å². The SMILES string of the molecule is CCCNCCNC(=O)c1cc(Cl)c(Cl)cc1OC.Cl. The highest BCUT2D eigenvalue weighted by Gasteiger charge is 2.14. The van der Waals surface area contributed by atoms with Crippen molar-refractivity contribution in [2.24, 2.45) is 0 Å². The Morgan fingerprint density at radius 3 is 2.45 bits per heavy atom. The summed E-state index contributed by atoms with van der Waals surface area (Å²) in [5, 5.41) is 6.69. The zero-order valence-electron chi connectivity index (χ0n) is 11.5. The Morgan fingerprint density at radius 2 is 1.85 bits per heavy atom. The van der Waals surface area contributed by atoms with Crippen LogP contribution in [0.4, 0.5) is 0 Å². The molecule has 0 bridgehead atoms. The molecular weight excluding hydrogens is 323 g/mol. The van der Waals surface area contributed by atoms with E-state index in [1.54, 1.807) is 0 Å². The highest BCUT2D eigenvalue weighted by atomic mass is 35.5. The second-order valence-electron chi connectivity index (χ2n) is 3.97. The van der Waals surface area contributed by atoms with Gasteiger partial charge in [-0.2, -0.15) is 0 Å². The predicted molar refractivity (Wildman–Crippen MR) is 85.8 cm³/mol. The molecule has 0 aliphatic heterocycles. The van der Waals surface area contributed by atoms with Crippen molar-refractivity contribution < 1.29 is 9.53 Å². The Hall–Kier alpha value is -0.680. The molecule has 0 saturated heterocycles. The van der Waals surface area contributed by atoms with Crippen molar-refractivity contribution in [3.05, 3.63) is 27.7 Å². The lowest BCUT2D eigenvalue weighted by Gasteiger charge is -2.11. The lowest BCUT2D eigenvalue weighted by molar-refractivity contribution is 0.0951. The first-order valence-electron chi connectivity index (χ1n) is 6.12. The molecule has 20 heavy (non-hydrogen) atoms. The maximum atomic E-state index is 12.0. The topological polar surface area (TPSA) is 50.4 Å². The van der Waals surface area contributed by atoms with Gasteiger partial charge in [0.15, 0.2) is 0 Å². The van der Waals surface area contributed by atoms with Gasteiger partial charge in [-0.1, -0.05) is 30.1 Å². The van der Waals surface area contributed by atoms with Gasteiger partial charge in [-0.05, 0) is 19.0 Å². The molecule has 7 heteroatoms. The summed E-state index contributed by atoms with van der Waals surface area (Å²) in [6.45, 7) is 4.30. The number of nitrogens with one attached hydrogen (secondary N) is 2. The molecule has 0 unspecified atom stereocenters. The maximum Gasteiger partial charge on any atom is 0.255 e. The fourth-order valence-corrected chi connectivity index (χ4v) is 1.85. The fourth-order valence-electron chi connectivity index (χ4n) is 1.54. The van der Waals surface area contributed by atoms with Crippen molar-refractivity contribution in [1.29, 1.82) is 0 Å². The highest BCUT2D eigenvalue weighted by Crippen LogP contribution is 2.30. The molecule has 114 valence electrons. The van der Waals surface area contributed by atoms with E-state index < -0.39 is 0 Å². The summed E-state index contributed by atoms with van der Waals surface area (Å²) in [6.07, 6.45) is 1.06. The van der Waals surface area contributed by atoms with Crippen LogP contribution in [0.3, 0.4) is 0 Å². The van der Waals surface area contributed by atoms with Crippen LogP contribution >= 0.6 is 35.6 Å². The average molecular weight is 342 g/mol. The molecule has 2 N–H and O–H groups in total. The summed E-state index contributed by atoms with van der Waals surface area (Å²) in [5.41, 5.74) is 0.382. The number of amides is 1. The number of ether oxygens (including phenoxy) is 1. The van der Waals surface area contributed by atoms with Crippen LogP contribution in [0, 0.1) is 0 Å². The molecule has 1 rings (SSSR count). The number of hydrogen-bond acceptors (Lipinski definition) is 3. The predicted octanol–water partition coefficient (Wildman–Crippen LogP) is 3.15. The molecule has 0 aliphatic rings. The Balaban J connectivity index is 0.00000361. The number of carbonyl (C=O) groups is 1. The van der Waals surface area contributed by atoms with Gasteiger partial charge in [0.25, 0.3) is 5.91 Å². The van der Waals surface area contributed by atoms with Crippen molar-refractivity contribution in [3.8, 4) is 5.75 Å². The Morgan fingerprint density at radius 1 is 1.20 bits per heavy atom. The molecule has 0 saturated carbocycles. The monoisotopic (exact) mass is 340 g/mol. The molecule has 0 radical (unpaired) electrons. The second-order valence-corrected chi connectivity index (χ2v) is 4.79. The molecule has 0 heterocycles. The van der Waals surface area contributed by atoms with Crippen molar-refractivity contribution in [2.45, 2.75) is 13.3 Å². The van der Waals surface area contributed by atoms with Gasteiger partial charge >= 0.3 is 0 Å². The van der Waals surface area contributed by atoms with Crippen molar-refractivity contribution >= 4 is 41.5 Å².